The van der Waals surface area contributed by atoms with Crippen LogP contribution in [0.1, 0.15) is 11.1 Å². The fourth-order valence-electron chi connectivity index (χ4n) is 2.37. The normalized spacial score (nSPS) is 15.5. The fraction of sp³-hybridized carbons (Fsp3) is 0.188. The van der Waals surface area contributed by atoms with E-state index < -0.39 is 30.4 Å². The van der Waals surface area contributed by atoms with E-state index >= 15 is 0 Å². The summed E-state index contributed by atoms with van der Waals surface area (Å²) in [6, 6.07) is 7.22. The van der Waals surface area contributed by atoms with Crippen molar-refractivity contribution in [1.82, 2.24) is 0 Å². The summed E-state index contributed by atoms with van der Waals surface area (Å²) in [5.74, 6) is -2.28. The van der Waals surface area contributed by atoms with E-state index in [9.17, 15) is 13.6 Å². The third-order valence-corrected chi connectivity index (χ3v) is 3.53. The van der Waals surface area contributed by atoms with Crippen molar-refractivity contribution in [3.63, 3.8) is 0 Å². The van der Waals surface area contributed by atoms with Gasteiger partial charge in [-0.25, -0.2) is 8.78 Å². The molecule has 0 bridgehead atoms. The molecule has 2 aromatic carbocycles. The van der Waals surface area contributed by atoms with E-state index in [1.54, 1.807) is 19.1 Å². The number of anilines is 2. The molecule has 1 aliphatic heterocycles. The number of rotatable bonds is 4. The summed E-state index contributed by atoms with van der Waals surface area (Å²) in [5.41, 5.74) is 1.77. The molecule has 120 valence electrons. The van der Waals surface area contributed by atoms with Gasteiger partial charge in [-0.05, 0) is 30.7 Å². The van der Waals surface area contributed by atoms with Crippen molar-refractivity contribution in [3.8, 4) is 5.75 Å². The average molecular weight is 320 g/mol. The van der Waals surface area contributed by atoms with Crippen LogP contribution in [0, 0.1) is 18.6 Å². The molecule has 1 aliphatic rings. The van der Waals surface area contributed by atoms with Crippen molar-refractivity contribution in [3.05, 3.63) is 53.1 Å². The number of aliphatic carboxylic acids is 1. The summed E-state index contributed by atoms with van der Waals surface area (Å²) in [5, 5.41) is 14.6. The lowest BCUT2D eigenvalue weighted by Crippen LogP contribution is -2.30. The molecule has 3 rings (SSSR count). The molecule has 3 N–H and O–H groups in total. The van der Waals surface area contributed by atoms with Gasteiger partial charge in [0.05, 0.1) is 12.1 Å². The molecule has 0 amide bonds. The minimum absolute atomic E-state index is 0.0423. The summed E-state index contributed by atoms with van der Waals surface area (Å²) in [6.07, 6.45) is -1.20. The number of ether oxygens (including phenoxy) is 1. The van der Waals surface area contributed by atoms with Gasteiger partial charge in [-0.15, -0.1) is 0 Å². The number of nitrogens with one attached hydrogen (secondary N) is 2. The Hall–Kier alpha value is -2.83. The highest BCUT2D eigenvalue weighted by Crippen LogP contribution is 2.36. The molecule has 0 aliphatic carbocycles. The van der Waals surface area contributed by atoms with E-state index in [-0.39, 0.29) is 11.3 Å². The van der Waals surface area contributed by atoms with Crippen LogP contribution < -0.4 is 15.4 Å². The second-order valence-corrected chi connectivity index (χ2v) is 5.23. The maximum absolute atomic E-state index is 14.3. The monoisotopic (exact) mass is 320 g/mol. The first kappa shape index (κ1) is 15.1. The van der Waals surface area contributed by atoms with E-state index in [1.807, 2.05) is 0 Å². The molecule has 7 heteroatoms. The smallest absolute Gasteiger partial charge is 0.307 e. The highest BCUT2D eigenvalue weighted by atomic mass is 19.1. The van der Waals surface area contributed by atoms with E-state index in [4.69, 9.17) is 9.84 Å². The Balaban J connectivity index is 1.80. The number of carbonyl (C=O) groups is 1. The summed E-state index contributed by atoms with van der Waals surface area (Å²) < 4.78 is 33.0. The molecule has 0 fully saturated rings. The zero-order chi connectivity index (χ0) is 16.6. The third kappa shape index (κ3) is 3.03. The number of fused-ring (bicyclic) bond motifs is 1. The molecule has 0 spiro atoms. The van der Waals surface area contributed by atoms with Crippen LogP contribution in [-0.2, 0) is 11.2 Å². The van der Waals surface area contributed by atoms with Gasteiger partial charge in [-0.2, -0.15) is 0 Å². The van der Waals surface area contributed by atoms with Crippen molar-refractivity contribution < 1.29 is 23.4 Å². The van der Waals surface area contributed by atoms with Crippen molar-refractivity contribution in [1.29, 1.82) is 0 Å². The topological polar surface area (TPSA) is 70.6 Å². The standard InChI is InChI=1S/C16H14F2N2O3/c1-8-2-4-10(17)7-12(8)20-16-19-11-5-3-9(6-13(21)22)14(18)15(11)23-16/h2-5,7,16,19-20H,6H2,1H3,(H,21,22). The van der Waals surface area contributed by atoms with Gasteiger partial charge in [0.15, 0.2) is 11.6 Å². The minimum Gasteiger partial charge on any atom is -0.481 e. The Morgan fingerprint density at radius 1 is 1.35 bits per heavy atom. The first-order valence-electron chi connectivity index (χ1n) is 6.93. The van der Waals surface area contributed by atoms with Crippen LogP contribution in [0.25, 0.3) is 0 Å². The Morgan fingerprint density at radius 3 is 2.87 bits per heavy atom. The zero-order valence-corrected chi connectivity index (χ0v) is 12.2. The van der Waals surface area contributed by atoms with Gasteiger partial charge in [0.25, 0.3) is 0 Å². The van der Waals surface area contributed by atoms with Gasteiger partial charge in [0.1, 0.15) is 5.82 Å². The Morgan fingerprint density at radius 2 is 2.13 bits per heavy atom. The van der Waals surface area contributed by atoms with Gasteiger partial charge in [0.2, 0.25) is 6.35 Å². The second kappa shape index (κ2) is 5.75. The summed E-state index contributed by atoms with van der Waals surface area (Å²) in [6.45, 7) is 1.80. The summed E-state index contributed by atoms with van der Waals surface area (Å²) in [4.78, 5) is 10.7. The quantitative estimate of drug-likeness (QED) is 0.807. The molecule has 0 saturated heterocycles. The maximum atomic E-state index is 14.3. The number of aryl methyl sites for hydroxylation is 1. The lowest BCUT2D eigenvalue weighted by Gasteiger charge is -2.16. The van der Waals surface area contributed by atoms with Crippen LogP contribution in [-0.4, -0.2) is 17.4 Å². The van der Waals surface area contributed by atoms with Gasteiger partial charge < -0.3 is 20.5 Å². The lowest BCUT2D eigenvalue weighted by atomic mass is 10.1. The van der Waals surface area contributed by atoms with Crippen molar-refractivity contribution in [2.24, 2.45) is 0 Å². The number of benzene rings is 2. The predicted molar refractivity (Wildman–Crippen MR) is 80.5 cm³/mol. The van der Waals surface area contributed by atoms with E-state index in [0.717, 1.165) is 5.56 Å². The molecule has 0 aromatic heterocycles. The minimum atomic E-state index is -1.13. The molecule has 1 heterocycles. The zero-order valence-electron chi connectivity index (χ0n) is 12.2. The molecule has 0 radical (unpaired) electrons. The average Bonchev–Trinajstić information content (AvgIpc) is 2.89. The first-order valence-corrected chi connectivity index (χ1v) is 6.93. The van der Waals surface area contributed by atoms with Crippen molar-refractivity contribution in [2.45, 2.75) is 19.7 Å². The molecule has 2 aromatic rings. The molecule has 5 nitrogen and oxygen atoms in total. The number of carboxylic acids is 1. The van der Waals surface area contributed by atoms with E-state index in [1.165, 1.54) is 18.2 Å². The van der Waals surface area contributed by atoms with Crippen LogP contribution in [0.15, 0.2) is 30.3 Å². The highest BCUT2D eigenvalue weighted by Gasteiger charge is 2.27. The Bertz CT molecular complexity index is 780. The molecule has 1 atom stereocenters. The molecule has 23 heavy (non-hydrogen) atoms. The summed E-state index contributed by atoms with van der Waals surface area (Å²) in [7, 11) is 0. The Labute approximate surface area is 130 Å². The SMILES string of the molecule is Cc1ccc(F)cc1NC1Nc2ccc(CC(=O)O)c(F)c2O1. The van der Waals surface area contributed by atoms with Crippen LogP contribution in [0.2, 0.25) is 0 Å². The molecule has 0 saturated carbocycles. The van der Waals surface area contributed by atoms with E-state index in [0.29, 0.717) is 11.4 Å². The maximum Gasteiger partial charge on any atom is 0.307 e. The number of carboxylic acid groups (broad SMARTS) is 1. The second-order valence-electron chi connectivity index (χ2n) is 5.23. The van der Waals surface area contributed by atoms with Gasteiger partial charge >= 0.3 is 5.97 Å². The molecular weight excluding hydrogens is 306 g/mol. The summed E-state index contributed by atoms with van der Waals surface area (Å²) >= 11 is 0. The third-order valence-electron chi connectivity index (χ3n) is 3.53. The highest BCUT2D eigenvalue weighted by molar-refractivity contribution is 5.72. The molecule has 1 unspecified atom stereocenters. The van der Waals surface area contributed by atoms with Crippen LogP contribution in [0.4, 0.5) is 20.2 Å². The first-order chi connectivity index (χ1) is 10.9. The van der Waals surface area contributed by atoms with Gasteiger partial charge in [-0.1, -0.05) is 12.1 Å². The number of hydrogen-bond donors (Lipinski definition) is 3. The lowest BCUT2D eigenvalue weighted by molar-refractivity contribution is -0.136. The van der Waals surface area contributed by atoms with Gasteiger partial charge in [0, 0.05) is 11.3 Å². The van der Waals surface area contributed by atoms with Crippen molar-refractivity contribution in [2.75, 3.05) is 10.6 Å². The van der Waals surface area contributed by atoms with Crippen LogP contribution >= 0.6 is 0 Å². The number of halogens is 2. The molecular formula is C16H14F2N2O3. The van der Waals surface area contributed by atoms with Gasteiger partial charge in [-0.3, -0.25) is 4.79 Å². The van der Waals surface area contributed by atoms with Crippen LogP contribution in [0.3, 0.4) is 0 Å². The Kier molecular flexibility index (Phi) is 3.77. The van der Waals surface area contributed by atoms with Crippen molar-refractivity contribution >= 4 is 17.3 Å². The van der Waals surface area contributed by atoms with E-state index in [2.05, 4.69) is 10.6 Å². The fourth-order valence-corrected chi connectivity index (χ4v) is 2.37. The predicted octanol–water partition coefficient (Wildman–Crippen LogP) is 3.10. The number of hydrogen-bond acceptors (Lipinski definition) is 4. The van der Waals surface area contributed by atoms with Crippen LogP contribution in [0.5, 0.6) is 5.75 Å². The largest absolute Gasteiger partial charge is 0.481 e.